The molecule has 0 bridgehead atoms. The minimum Gasteiger partial charge on any atom is -0.493 e. The summed E-state index contributed by atoms with van der Waals surface area (Å²) in [6, 6.07) is 10.9. The number of amides is 1. The van der Waals surface area contributed by atoms with E-state index in [4.69, 9.17) is 20.2 Å². The number of likely N-dealkylation sites (tertiary alicyclic amines) is 1. The lowest BCUT2D eigenvalue weighted by Gasteiger charge is -2.32. The van der Waals surface area contributed by atoms with Gasteiger partial charge >= 0.3 is 0 Å². The quantitative estimate of drug-likeness (QED) is 0.540. The van der Waals surface area contributed by atoms with Crippen LogP contribution in [0.2, 0.25) is 0 Å². The van der Waals surface area contributed by atoms with Crippen LogP contribution >= 0.6 is 0 Å². The second kappa shape index (κ2) is 10.3. The molecule has 0 spiro atoms. The van der Waals surface area contributed by atoms with Crippen LogP contribution < -0.4 is 20.8 Å². The second-order valence-corrected chi connectivity index (χ2v) is 8.07. The highest BCUT2D eigenvalue weighted by Gasteiger charge is 2.24. The van der Waals surface area contributed by atoms with Crippen molar-refractivity contribution >= 4 is 5.91 Å². The zero-order valence-corrected chi connectivity index (χ0v) is 18.5. The van der Waals surface area contributed by atoms with E-state index in [-0.39, 0.29) is 18.1 Å². The third-order valence-electron chi connectivity index (χ3n) is 5.64. The van der Waals surface area contributed by atoms with Gasteiger partial charge < -0.3 is 20.2 Å². The Morgan fingerprint density at radius 1 is 1.21 bits per heavy atom. The van der Waals surface area contributed by atoms with Crippen molar-refractivity contribution < 1.29 is 14.3 Å². The molecule has 3 N–H and O–H groups in total. The fourth-order valence-electron chi connectivity index (χ4n) is 4.11. The number of ether oxygens (including phenoxy) is 2. The van der Waals surface area contributed by atoms with Crippen LogP contribution in [0.15, 0.2) is 53.6 Å². The monoisotopic (exact) mass is 449 g/mol. The number of nitrogens with one attached hydrogen (secondary N) is 1. The van der Waals surface area contributed by atoms with E-state index >= 15 is 0 Å². The van der Waals surface area contributed by atoms with Crippen molar-refractivity contribution in [1.29, 1.82) is 0 Å². The van der Waals surface area contributed by atoms with Crippen molar-refractivity contribution in [3.8, 4) is 22.9 Å². The maximum absolute atomic E-state index is 12.3. The van der Waals surface area contributed by atoms with Crippen LogP contribution in [-0.2, 0) is 11.3 Å². The van der Waals surface area contributed by atoms with Gasteiger partial charge in [0.25, 0.3) is 11.5 Å². The number of pyridine rings is 1. The molecule has 9 nitrogen and oxygen atoms in total. The molecule has 1 aliphatic rings. The van der Waals surface area contributed by atoms with Gasteiger partial charge in [0.2, 0.25) is 0 Å². The fraction of sp³-hybridized carbons (Fsp3) is 0.333. The zero-order valence-electron chi connectivity index (χ0n) is 18.5. The number of carbonyl (C=O) groups excluding carboxylic acids is 1. The summed E-state index contributed by atoms with van der Waals surface area (Å²) in [4.78, 5) is 37.3. The second-order valence-electron chi connectivity index (χ2n) is 8.07. The Balaban J connectivity index is 1.48. The third kappa shape index (κ3) is 5.75. The van der Waals surface area contributed by atoms with Crippen LogP contribution in [0.4, 0.5) is 0 Å². The van der Waals surface area contributed by atoms with Gasteiger partial charge in [0.15, 0.2) is 18.1 Å². The summed E-state index contributed by atoms with van der Waals surface area (Å²) in [5.74, 6) is 1.23. The number of methoxy groups -OCH3 is 1. The molecule has 2 aromatic heterocycles. The van der Waals surface area contributed by atoms with Gasteiger partial charge in [0.1, 0.15) is 5.82 Å². The van der Waals surface area contributed by atoms with Gasteiger partial charge in [-0.05, 0) is 49.2 Å². The smallest absolute Gasteiger partial charge is 0.255 e. The molecule has 1 aliphatic heterocycles. The Morgan fingerprint density at radius 3 is 2.79 bits per heavy atom. The standard InChI is InChI=1S/C24H27N5O4/c1-32-21-11-16(4-5-20(21)33-15-22(25)30)13-29-10-2-3-18(14-29)19-12-23(31)28-24(27-19)17-6-8-26-9-7-17/h4-9,11-12,18H,2-3,10,13-15H2,1H3,(H2,25,30)(H,27,28,31)/t18-/m1/s1. The largest absolute Gasteiger partial charge is 0.493 e. The predicted octanol–water partition coefficient (Wildman–Crippen LogP) is 2.08. The van der Waals surface area contributed by atoms with E-state index in [0.29, 0.717) is 17.3 Å². The van der Waals surface area contributed by atoms with Crippen LogP contribution in [-0.4, -0.2) is 52.6 Å². The Hall–Kier alpha value is -3.72. The summed E-state index contributed by atoms with van der Waals surface area (Å²) in [6.07, 6.45) is 5.36. The van der Waals surface area contributed by atoms with E-state index < -0.39 is 5.91 Å². The van der Waals surface area contributed by atoms with Gasteiger partial charge in [-0.1, -0.05) is 6.07 Å². The number of nitrogens with two attached hydrogens (primary N) is 1. The number of hydrogen-bond acceptors (Lipinski definition) is 7. The Labute approximate surface area is 191 Å². The summed E-state index contributed by atoms with van der Waals surface area (Å²) in [6.45, 7) is 2.28. The Morgan fingerprint density at radius 2 is 2.03 bits per heavy atom. The van der Waals surface area contributed by atoms with Gasteiger partial charge in [-0.2, -0.15) is 0 Å². The maximum atomic E-state index is 12.3. The molecule has 172 valence electrons. The van der Waals surface area contributed by atoms with E-state index in [0.717, 1.165) is 49.3 Å². The van der Waals surface area contributed by atoms with Crippen molar-refractivity contribution in [2.45, 2.75) is 25.3 Å². The molecule has 3 aromatic rings. The third-order valence-corrected chi connectivity index (χ3v) is 5.64. The summed E-state index contributed by atoms with van der Waals surface area (Å²) < 4.78 is 10.8. The molecule has 1 saturated heterocycles. The first kappa shape index (κ1) is 22.5. The first-order valence-corrected chi connectivity index (χ1v) is 10.8. The Bertz CT molecular complexity index is 1170. The summed E-state index contributed by atoms with van der Waals surface area (Å²) >= 11 is 0. The number of carbonyl (C=O) groups is 1. The minimum absolute atomic E-state index is 0.153. The molecule has 33 heavy (non-hydrogen) atoms. The average Bonchev–Trinajstić information content (AvgIpc) is 2.83. The highest BCUT2D eigenvalue weighted by atomic mass is 16.5. The minimum atomic E-state index is -0.541. The molecule has 1 fully saturated rings. The predicted molar refractivity (Wildman–Crippen MR) is 123 cm³/mol. The summed E-state index contributed by atoms with van der Waals surface area (Å²) in [5, 5.41) is 0. The van der Waals surface area contributed by atoms with E-state index in [2.05, 4.69) is 14.9 Å². The van der Waals surface area contributed by atoms with Gasteiger partial charge in [-0.3, -0.25) is 19.5 Å². The van der Waals surface area contributed by atoms with Crippen molar-refractivity contribution in [2.24, 2.45) is 5.73 Å². The van der Waals surface area contributed by atoms with E-state index in [9.17, 15) is 9.59 Å². The lowest BCUT2D eigenvalue weighted by molar-refractivity contribution is -0.119. The highest BCUT2D eigenvalue weighted by Crippen LogP contribution is 2.31. The van der Waals surface area contributed by atoms with Gasteiger partial charge in [-0.15, -0.1) is 0 Å². The highest BCUT2D eigenvalue weighted by molar-refractivity contribution is 5.75. The number of aromatic nitrogens is 3. The average molecular weight is 450 g/mol. The van der Waals surface area contributed by atoms with E-state index in [1.807, 2.05) is 24.3 Å². The normalized spacial score (nSPS) is 16.3. The Kier molecular flexibility index (Phi) is 6.99. The summed E-state index contributed by atoms with van der Waals surface area (Å²) in [7, 11) is 1.56. The number of primary amides is 1. The number of nitrogens with zero attached hydrogens (tertiary/aromatic N) is 3. The number of rotatable bonds is 8. The van der Waals surface area contributed by atoms with Crippen LogP contribution in [0, 0.1) is 0 Å². The zero-order chi connectivity index (χ0) is 23.2. The van der Waals surface area contributed by atoms with Gasteiger partial charge in [0, 0.05) is 43.0 Å². The van der Waals surface area contributed by atoms with E-state index in [1.54, 1.807) is 31.6 Å². The number of piperidine rings is 1. The first-order chi connectivity index (χ1) is 16.0. The molecule has 1 atom stereocenters. The molecular formula is C24H27N5O4. The molecule has 0 saturated carbocycles. The van der Waals surface area contributed by atoms with Crippen LogP contribution in [0.3, 0.4) is 0 Å². The van der Waals surface area contributed by atoms with Crippen LogP contribution in [0.1, 0.15) is 30.0 Å². The van der Waals surface area contributed by atoms with Gasteiger partial charge in [0.05, 0.1) is 12.8 Å². The van der Waals surface area contributed by atoms with Crippen molar-refractivity contribution in [3.63, 3.8) is 0 Å². The topological polar surface area (TPSA) is 123 Å². The number of H-pyrrole nitrogens is 1. The van der Waals surface area contributed by atoms with Crippen molar-refractivity contribution in [3.05, 3.63) is 70.4 Å². The first-order valence-electron chi connectivity index (χ1n) is 10.8. The molecule has 0 radical (unpaired) electrons. The lowest BCUT2D eigenvalue weighted by Crippen LogP contribution is -2.34. The van der Waals surface area contributed by atoms with Gasteiger partial charge in [-0.25, -0.2) is 4.98 Å². The molecule has 9 heteroatoms. The summed E-state index contributed by atoms with van der Waals surface area (Å²) in [5.41, 5.74) is 7.71. The molecule has 0 unspecified atom stereocenters. The van der Waals surface area contributed by atoms with Crippen LogP contribution in [0.25, 0.3) is 11.4 Å². The lowest BCUT2D eigenvalue weighted by atomic mass is 9.94. The SMILES string of the molecule is COc1cc(CN2CCC[C@@H](c3cc(=O)[nH]c(-c4ccncc4)n3)C2)ccc1OCC(N)=O. The van der Waals surface area contributed by atoms with E-state index in [1.165, 1.54) is 0 Å². The fourth-order valence-corrected chi connectivity index (χ4v) is 4.11. The molecule has 3 heterocycles. The number of aromatic amines is 1. The molecule has 4 rings (SSSR count). The van der Waals surface area contributed by atoms with Crippen LogP contribution in [0.5, 0.6) is 11.5 Å². The molecular weight excluding hydrogens is 422 g/mol. The molecule has 0 aliphatic carbocycles. The maximum Gasteiger partial charge on any atom is 0.255 e. The van der Waals surface area contributed by atoms with Crippen molar-refractivity contribution in [2.75, 3.05) is 26.8 Å². The number of benzene rings is 1. The van der Waals surface area contributed by atoms with Crippen molar-refractivity contribution in [1.82, 2.24) is 19.9 Å². The molecule has 1 aromatic carbocycles. The number of hydrogen-bond donors (Lipinski definition) is 2. The molecule has 1 amide bonds.